The van der Waals surface area contributed by atoms with Crippen LogP contribution in [0.3, 0.4) is 0 Å². The van der Waals surface area contributed by atoms with E-state index >= 15 is 0 Å². The molecule has 0 saturated heterocycles. The molecule has 1 aromatic carbocycles. The van der Waals surface area contributed by atoms with E-state index in [4.69, 9.17) is 0 Å². The summed E-state index contributed by atoms with van der Waals surface area (Å²) >= 11 is 0. The van der Waals surface area contributed by atoms with Crippen LogP contribution in [-0.4, -0.2) is 11.9 Å². The lowest BCUT2D eigenvalue weighted by Crippen LogP contribution is -2.26. The van der Waals surface area contributed by atoms with Crippen LogP contribution in [0.5, 0.6) is 0 Å². The molecule has 1 fully saturated rings. The summed E-state index contributed by atoms with van der Waals surface area (Å²) in [6.07, 6.45) is 7.18. The molecule has 0 bridgehead atoms. The van der Waals surface area contributed by atoms with Crippen molar-refractivity contribution in [3.05, 3.63) is 24.0 Å². The minimum atomic E-state index is -0.264. The molecule has 1 aliphatic carbocycles. The Hall–Kier alpha value is -1.58. The molecule has 0 radical (unpaired) electrons. The van der Waals surface area contributed by atoms with E-state index in [1.165, 1.54) is 38.7 Å². The first kappa shape index (κ1) is 15.8. The molecule has 21 heavy (non-hydrogen) atoms. The molecule has 1 aliphatic rings. The normalized spacial score (nSPS) is 21.9. The van der Waals surface area contributed by atoms with Crippen molar-refractivity contribution in [2.24, 2.45) is 5.92 Å². The minimum absolute atomic E-state index is 0.146. The second-order valence-corrected chi connectivity index (χ2v) is 6.03. The van der Waals surface area contributed by atoms with Crippen LogP contribution in [-0.2, 0) is 4.79 Å². The summed E-state index contributed by atoms with van der Waals surface area (Å²) in [6, 6.07) is 4.99. The third-order valence-electron chi connectivity index (χ3n) is 4.19. The number of carbonyl (C=O) groups excluding carboxylic acids is 1. The van der Waals surface area contributed by atoms with Crippen LogP contribution in [0.25, 0.3) is 0 Å². The van der Waals surface area contributed by atoms with E-state index < -0.39 is 0 Å². The molecule has 0 spiro atoms. The first-order valence-corrected chi connectivity index (χ1v) is 7.92. The zero-order valence-electron chi connectivity index (χ0n) is 12.9. The van der Waals surface area contributed by atoms with Gasteiger partial charge < -0.3 is 10.6 Å². The molecule has 116 valence electrons. The first-order chi connectivity index (χ1) is 10.1. The maximum Gasteiger partial charge on any atom is 0.221 e. The SMILES string of the molecule is CCCC1CCC(Nc2cc(NC(C)=O)ccc2F)CC1. The van der Waals surface area contributed by atoms with Crippen LogP contribution in [0, 0.1) is 11.7 Å². The summed E-state index contributed by atoms with van der Waals surface area (Å²) in [4.78, 5) is 11.1. The number of anilines is 2. The Kier molecular flexibility index (Phi) is 5.59. The molecule has 1 amide bonds. The second kappa shape index (κ2) is 7.43. The lowest BCUT2D eigenvalue weighted by atomic mass is 9.83. The Bertz CT molecular complexity index is 482. The molecule has 0 aliphatic heterocycles. The third kappa shape index (κ3) is 4.73. The Morgan fingerprint density at radius 1 is 1.29 bits per heavy atom. The van der Waals surface area contributed by atoms with E-state index in [9.17, 15) is 9.18 Å². The van der Waals surface area contributed by atoms with E-state index in [1.54, 1.807) is 12.1 Å². The van der Waals surface area contributed by atoms with Crippen molar-refractivity contribution in [1.29, 1.82) is 0 Å². The highest BCUT2D eigenvalue weighted by atomic mass is 19.1. The molecule has 0 atom stereocenters. The largest absolute Gasteiger partial charge is 0.380 e. The molecule has 4 heteroatoms. The maximum absolute atomic E-state index is 13.9. The summed E-state index contributed by atoms with van der Waals surface area (Å²) in [5.74, 6) is 0.427. The predicted molar refractivity (Wildman–Crippen MR) is 85.0 cm³/mol. The van der Waals surface area contributed by atoms with Crippen molar-refractivity contribution >= 4 is 17.3 Å². The highest BCUT2D eigenvalue weighted by molar-refractivity contribution is 5.89. The Balaban J connectivity index is 1.95. The van der Waals surface area contributed by atoms with Gasteiger partial charge in [0.2, 0.25) is 5.91 Å². The van der Waals surface area contributed by atoms with Gasteiger partial charge in [0, 0.05) is 18.7 Å². The number of amides is 1. The molecular formula is C17H25FN2O. The molecule has 0 aromatic heterocycles. The van der Waals surface area contributed by atoms with Crippen molar-refractivity contribution in [3.63, 3.8) is 0 Å². The molecule has 1 aromatic rings. The number of rotatable bonds is 5. The van der Waals surface area contributed by atoms with Crippen molar-refractivity contribution < 1.29 is 9.18 Å². The van der Waals surface area contributed by atoms with Crippen LogP contribution in [0.4, 0.5) is 15.8 Å². The number of halogens is 1. The number of carbonyl (C=O) groups is 1. The van der Waals surface area contributed by atoms with Crippen molar-refractivity contribution in [2.75, 3.05) is 10.6 Å². The lowest BCUT2D eigenvalue weighted by Gasteiger charge is -2.29. The Morgan fingerprint density at radius 3 is 2.62 bits per heavy atom. The van der Waals surface area contributed by atoms with Crippen molar-refractivity contribution in [3.8, 4) is 0 Å². The smallest absolute Gasteiger partial charge is 0.221 e. The van der Waals surface area contributed by atoms with Crippen LogP contribution >= 0.6 is 0 Å². The average Bonchev–Trinajstić information content (AvgIpc) is 2.44. The van der Waals surface area contributed by atoms with Gasteiger partial charge in [-0.15, -0.1) is 0 Å². The molecule has 0 unspecified atom stereocenters. The molecule has 0 heterocycles. The van der Waals surface area contributed by atoms with E-state index in [-0.39, 0.29) is 11.7 Å². The van der Waals surface area contributed by atoms with Crippen LogP contribution in [0.1, 0.15) is 52.4 Å². The quantitative estimate of drug-likeness (QED) is 0.835. The Labute approximate surface area is 126 Å². The fraction of sp³-hybridized carbons (Fsp3) is 0.588. The lowest BCUT2D eigenvalue weighted by molar-refractivity contribution is -0.114. The van der Waals surface area contributed by atoms with Gasteiger partial charge >= 0.3 is 0 Å². The molecule has 2 rings (SSSR count). The first-order valence-electron chi connectivity index (χ1n) is 7.92. The van der Waals surface area contributed by atoms with Gasteiger partial charge in [0.15, 0.2) is 0 Å². The maximum atomic E-state index is 13.9. The van der Waals surface area contributed by atoms with Crippen molar-refractivity contribution in [2.45, 2.75) is 58.4 Å². The summed E-state index contributed by atoms with van der Waals surface area (Å²) in [6.45, 7) is 3.68. The fourth-order valence-corrected chi connectivity index (χ4v) is 3.14. The zero-order valence-corrected chi connectivity index (χ0v) is 12.9. The number of benzene rings is 1. The van der Waals surface area contributed by atoms with Gasteiger partial charge in [0.1, 0.15) is 5.82 Å². The Morgan fingerprint density at radius 2 is 2.00 bits per heavy atom. The summed E-state index contributed by atoms with van der Waals surface area (Å²) < 4.78 is 13.9. The van der Waals surface area contributed by atoms with Gasteiger partial charge in [-0.3, -0.25) is 4.79 Å². The van der Waals surface area contributed by atoms with E-state index in [2.05, 4.69) is 17.6 Å². The predicted octanol–water partition coefficient (Wildman–Crippen LogP) is 4.55. The average molecular weight is 292 g/mol. The number of nitrogens with one attached hydrogen (secondary N) is 2. The van der Waals surface area contributed by atoms with Crippen molar-refractivity contribution in [1.82, 2.24) is 0 Å². The van der Waals surface area contributed by atoms with Gasteiger partial charge in [0.05, 0.1) is 5.69 Å². The van der Waals surface area contributed by atoms with E-state index in [1.807, 2.05) is 0 Å². The van der Waals surface area contributed by atoms with Crippen LogP contribution < -0.4 is 10.6 Å². The molecule has 3 nitrogen and oxygen atoms in total. The third-order valence-corrected chi connectivity index (χ3v) is 4.19. The standard InChI is InChI=1S/C17H25FN2O/c1-3-4-13-5-7-14(8-6-13)20-17-11-15(19-12(2)21)9-10-16(17)18/h9-11,13-14,20H,3-8H2,1-2H3,(H,19,21). The molecule has 1 saturated carbocycles. The minimum Gasteiger partial charge on any atom is -0.380 e. The fourth-order valence-electron chi connectivity index (χ4n) is 3.14. The zero-order chi connectivity index (χ0) is 15.2. The van der Waals surface area contributed by atoms with Gasteiger partial charge in [-0.2, -0.15) is 0 Å². The van der Waals surface area contributed by atoms with Crippen LogP contribution in [0.2, 0.25) is 0 Å². The highest BCUT2D eigenvalue weighted by Crippen LogP contribution is 2.30. The monoisotopic (exact) mass is 292 g/mol. The van der Waals surface area contributed by atoms with Gasteiger partial charge in [-0.1, -0.05) is 19.8 Å². The number of hydrogen-bond donors (Lipinski definition) is 2. The van der Waals surface area contributed by atoms with Gasteiger partial charge in [0.25, 0.3) is 0 Å². The second-order valence-electron chi connectivity index (χ2n) is 6.03. The van der Waals surface area contributed by atoms with Gasteiger partial charge in [-0.05, 0) is 49.8 Å². The van der Waals surface area contributed by atoms with Gasteiger partial charge in [-0.25, -0.2) is 4.39 Å². The summed E-state index contributed by atoms with van der Waals surface area (Å²) in [7, 11) is 0. The molecular weight excluding hydrogens is 267 g/mol. The van der Waals surface area contributed by atoms with E-state index in [0.29, 0.717) is 17.4 Å². The topological polar surface area (TPSA) is 41.1 Å². The molecule has 2 N–H and O–H groups in total. The summed E-state index contributed by atoms with van der Waals surface area (Å²) in [5.41, 5.74) is 1.12. The summed E-state index contributed by atoms with van der Waals surface area (Å²) in [5, 5.41) is 5.99. The van der Waals surface area contributed by atoms with E-state index in [0.717, 1.165) is 18.8 Å². The van der Waals surface area contributed by atoms with Crippen LogP contribution in [0.15, 0.2) is 18.2 Å². The number of hydrogen-bond acceptors (Lipinski definition) is 2. The highest BCUT2D eigenvalue weighted by Gasteiger charge is 2.21.